The molecule has 1 aliphatic heterocycles. The van der Waals surface area contributed by atoms with E-state index >= 15 is 0 Å². The van der Waals surface area contributed by atoms with Crippen LogP contribution in [0, 0.1) is 6.92 Å². The number of ether oxygens (including phenoxy) is 2. The van der Waals surface area contributed by atoms with Crippen LogP contribution in [0.4, 0.5) is 32.0 Å². The monoisotopic (exact) mass is 549 g/mol. The van der Waals surface area contributed by atoms with Gasteiger partial charge in [0, 0.05) is 41.5 Å². The van der Waals surface area contributed by atoms with E-state index in [0.717, 1.165) is 0 Å². The van der Waals surface area contributed by atoms with Crippen molar-refractivity contribution in [3.8, 4) is 11.5 Å². The highest BCUT2D eigenvalue weighted by Crippen LogP contribution is 2.46. The van der Waals surface area contributed by atoms with E-state index < -0.39 is 41.3 Å². The van der Waals surface area contributed by atoms with Crippen molar-refractivity contribution in [2.45, 2.75) is 38.1 Å². The van der Waals surface area contributed by atoms with Crippen molar-refractivity contribution in [2.24, 2.45) is 5.14 Å². The van der Waals surface area contributed by atoms with Gasteiger partial charge in [0.05, 0.1) is 5.75 Å². The molecule has 0 fully saturated rings. The quantitative estimate of drug-likeness (QED) is 0.428. The van der Waals surface area contributed by atoms with Gasteiger partial charge < -0.3 is 14.4 Å². The van der Waals surface area contributed by atoms with Crippen molar-refractivity contribution in [2.75, 3.05) is 18.1 Å². The third kappa shape index (κ3) is 6.36. The summed E-state index contributed by atoms with van der Waals surface area (Å²) >= 11 is 0. The van der Waals surface area contributed by atoms with Gasteiger partial charge in [-0.3, -0.25) is 4.98 Å². The van der Waals surface area contributed by atoms with Crippen LogP contribution in [0.2, 0.25) is 0 Å². The lowest BCUT2D eigenvalue weighted by atomic mass is 10.0. The predicted molar refractivity (Wildman–Crippen MR) is 123 cm³/mol. The molecule has 4 rings (SSSR count). The van der Waals surface area contributed by atoms with Crippen molar-refractivity contribution >= 4 is 26.6 Å². The summed E-state index contributed by atoms with van der Waals surface area (Å²) in [4.78, 5) is 5.81. The average molecular weight is 549 g/mol. The van der Waals surface area contributed by atoms with Gasteiger partial charge >= 0.3 is 12.4 Å². The minimum absolute atomic E-state index is 0.00507. The molecule has 0 saturated heterocycles. The molecule has 1 aliphatic rings. The molecule has 7 nitrogen and oxygen atoms in total. The summed E-state index contributed by atoms with van der Waals surface area (Å²) in [6, 6.07) is 7.60. The number of benzene rings is 2. The Kier molecular flexibility index (Phi) is 6.92. The van der Waals surface area contributed by atoms with E-state index in [9.17, 15) is 34.8 Å². The molecule has 2 N–H and O–H groups in total. The summed E-state index contributed by atoms with van der Waals surface area (Å²) in [5.41, 5.74) is 2.07. The molecule has 1 aromatic heterocycles. The molecule has 0 radical (unpaired) electrons. The number of hydrogen-bond acceptors (Lipinski definition) is 6. The lowest BCUT2D eigenvalue weighted by Gasteiger charge is -2.21. The number of halogens is 6. The second-order valence-electron chi connectivity index (χ2n) is 8.61. The highest BCUT2D eigenvalue weighted by Gasteiger charge is 2.36. The van der Waals surface area contributed by atoms with Gasteiger partial charge in [0.1, 0.15) is 11.3 Å². The normalized spacial score (nSPS) is 14.2. The largest absolute Gasteiger partial charge is 0.483 e. The fourth-order valence-electron chi connectivity index (χ4n) is 4.31. The number of aryl methyl sites for hydroxylation is 1. The van der Waals surface area contributed by atoms with Gasteiger partial charge in [0.25, 0.3) is 0 Å². The molecule has 0 unspecified atom stereocenters. The van der Waals surface area contributed by atoms with Crippen LogP contribution in [-0.4, -0.2) is 39.0 Å². The first-order chi connectivity index (χ1) is 17.1. The van der Waals surface area contributed by atoms with Crippen LogP contribution < -0.4 is 19.5 Å². The number of anilines is 1. The van der Waals surface area contributed by atoms with Crippen molar-refractivity contribution in [1.29, 1.82) is 0 Å². The number of alkyl halides is 6. The minimum atomic E-state index is -4.66. The summed E-state index contributed by atoms with van der Waals surface area (Å²) in [5.74, 6) is -0.718. The number of pyridine rings is 1. The highest BCUT2D eigenvalue weighted by molar-refractivity contribution is 7.88. The van der Waals surface area contributed by atoms with Crippen molar-refractivity contribution in [1.82, 2.24) is 4.98 Å². The number of nitrogens with two attached hydrogens (primary N) is 1. The van der Waals surface area contributed by atoms with Crippen LogP contribution in [-0.2, 0) is 28.9 Å². The van der Waals surface area contributed by atoms with Gasteiger partial charge in [-0.2, -0.15) is 26.3 Å². The standard InChI is InChI=1S/C23H21F6N3O4S/c1-13-7-14(10-37(30,33)34)4-5-18(13)32-8-16-17(9-32)21(36-12-23(27,28)29)19-15(3-2-6-31-19)20(16)35-11-22(24,25)26/h2-7H,8-12H2,1H3,(H2,30,33,34). The molecule has 0 aliphatic carbocycles. The number of aromatic nitrogens is 1. The molecule has 14 heteroatoms. The summed E-state index contributed by atoms with van der Waals surface area (Å²) in [6.45, 7) is -1.52. The zero-order chi connectivity index (χ0) is 27.2. The molecule has 0 atom stereocenters. The van der Waals surface area contributed by atoms with Gasteiger partial charge in [-0.05, 0) is 36.2 Å². The van der Waals surface area contributed by atoms with Crippen molar-refractivity contribution < 1.29 is 44.2 Å². The molecule has 2 aromatic carbocycles. The van der Waals surface area contributed by atoms with E-state index in [2.05, 4.69) is 4.98 Å². The van der Waals surface area contributed by atoms with E-state index in [-0.39, 0.29) is 46.6 Å². The van der Waals surface area contributed by atoms with Crippen molar-refractivity contribution in [3.05, 3.63) is 58.8 Å². The van der Waals surface area contributed by atoms with E-state index in [1.165, 1.54) is 24.4 Å². The molecular formula is C23H21F6N3O4S. The lowest BCUT2D eigenvalue weighted by Crippen LogP contribution is -2.21. The second-order valence-corrected chi connectivity index (χ2v) is 10.2. The van der Waals surface area contributed by atoms with Crippen LogP contribution in [0.3, 0.4) is 0 Å². The Morgan fingerprint density at radius 2 is 1.57 bits per heavy atom. The Balaban J connectivity index is 1.80. The second kappa shape index (κ2) is 9.56. The van der Waals surface area contributed by atoms with Gasteiger partial charge in [0.2, 0.25) is 10.0 Å². The van der Waals surface area contributed by atoms with Gasteiger partial charge in [-0.25, -0.2) is 13.6 Å². The molecule has 0 bridgehead atoms. The van der Waals surface area contributed by atoms with Crippen LogP contribution in [0.5, 0.6) is 11.5 Å². The first kappa shape index (κ1) is 26.8. The van der Waals surface area contributed by atoms with Crippen molar-refractivity contribution in [3.63, 3.8) is 0 Å². The van der Waals surface area contributed by atoms with Gasteiger partial charge in [-0.1, -0.05) is 12.1 Å². The molecule has 0 saturated carbocycles. The number of primary sulfonamides is 1. The van der Waals surface area contributed by atoms with Crippen LogP contribution in [0.1, 0.15) is 22.3 Å². The number of hydrogen-bond donors (Lipinski definition) is 1. The maximum absolute atomic E-state index is 13.0. The zero-order valence-corrected chi connectivity index (χ0v) is 20.1. The predicted octanol–water partition coefficient (Wildman–Crippen LogP) is 4.73. The minimum Gasteiger partial charge on any atom is -0.483 e. The number of nitrogens with zero attached hydrogens (tertiary/aromatic N) is 2. The maximum Gasteiger partial charge on any atom is 0.422 e. The first-order valence-corrected chi connectivity index (χ1v) is 12.5. The Morgan fingerprint density at radius 3 is 2.14 bits per heavy atom. The lowest BCUT2D eigenvalue weighted by molar-refractivity contribution is -0.154. The zero-order valence-electron chi connectivity index (χ0n) is 19.3. The van der Waals surface area contributed by atoms with Gasteiger partial charge in [0.15, 0.2) is 19.0 Å². The fourth-order valence-corrected chi connectivity index (χ4v) is 4.96. The molecular weight excluding hydrogens is 528 g/mol. The van der Waals surface area contributed by atoms with E-state index in [4.69, 9.17) is 14.6 Å². The topological polar surface area (TPSA) is 94.8 Å². The molecule has 0 amide bonds. The van der Waals surface area contributed by atoms with Crippen LogP contribution in [0.15, 0.2) is 36.5 Å². The molecule has 0 spiro atoms. The van der Waals surface area contributed by atoms with Gasteiger partial charge in [-0.15, -0.1) is 0 Å². The number of sulfonamides is 1. The number of rotatable bonds is 7. The van der Waals surface area contributed by atoms with E-state index in [1.54, 1.807) is 24.0 Å². The Bertz CT molecular complexity index is 1370. The summed E-state index contributed by atoms with van der Waals surface area (Å²) in [7, 11) is -3.78. The third-order valence-electron chi connectivity index (χ3n) is 5.61. The SMILES string of the molecule is Cc1cc(CS(N)(=O)=O)ccc1N1Cc2c(c(OCC(F)(F)F)c3ncccc3c2OCC(F)(F)F)C1. The number of fused-ring (bicyclic) bond motifs is 2. The molecule has 37 heavy (non-hydrogen) atoms. The summed E-state index contributed by atoms with van der Waals surface area (Å²) < 4.78 is 111. The Labute approximate surface area is 207 Å². The first-order valence-electron chi connectivity index (χ1n) is 10.8. The molecule has 200 valence electrons. The fraction of sp³-hybridized carbons (Fsp3) is 0.348. The summed E-state index contributed by atoms with van der Waals surface area (Å²) in [5, 5.41) is 5.19. The van der Waals surface area contributed by atoms with E-state index in [1.807, 2.05) is 0 Å². The highest BCUT2D eigenvalue weighted by atomic mass is 32.2. The average Bonchev–Trinajstić information content (AvgIpc) is 3.18. The smallest absolute Gasteiger partial charge is 0.422 e. The summed E-state index contributed by atoms with van der Waals surface area (Å²) in [6.07, 6.45) is -8.02. The maximum atomic E-state index is 13.0. The Hall–Kier alpha value is -3.26. The van der Waals surface area contributed by atoms with E-state index in [0.29, 0.717) is 16.8 Å². The Morgan fingerprint density at radius 1 is 0.973 bits per heavy atom. The third-order valence-corrected chi connectivity index (χ3v) is 6.34. The molecule has 2 heterocycles. The molecule has 3 aromatic rings. The van der Waals surface area contributed by atoms with Crippen LogP contribution >= 0.6 is 0 Å². The van der Waals surface area contributed by atoms with Crippen LogP contribution in [0.25, 0.3) is 10.9 Å².